The summed E-state index contributed by atoms with van der Waals surface area (Å²) in [7, 11) is 0. The summed E-state index contributed by atoms with van der Waals surface area (Å²) in [4.78, 5) is 18.8. The number of aromatic nitrogens is 4. The van der Waals surface area contributed by atoms with Crippen molar-refractivity contribution in [3.05, 3.63) is 75.3 Å². The maximum atomic E-state index is 12.1. The van der Waals surface area contributed by atoms with E-state index in [4.69, 9.17) is 11.6 Å². The molecule has 3 aromatic rings. The van der Waals surface area contributed by atoms with Crippen molar-refractivity contribution in [3.63, 3.8) is 0 Å². The summed E-state index contributed by atoms with van der Waals surface area (Å²) >= 11 is 5.83. The average molecular weight is 314 g/mol. The summed E-state index contributed by atoms with van der Waals surface area (Å²) < 4.78 is 0. The Morgan fingerprint density at radius 2 is 1.91 bits per heavy atom. The number of halogens is 1. The molecule has 7 heteroatoms. The summed E-state index contributed by atoms with van der Waals surface area (Å²) in [5.74, 6) is 0.835. The van der Waals surface area contributed by atoms with E-state index in [-0.39, 0.29) is 11.5 Å². The summed E-state index contributed by atoms with van der Waals surface area (Å²) in [6.07, 6.45) is 2.03. The van der Waals surface area contributed by atoms with Crippen LogP contribution >= 0.6 is 11.6 Å². The van der Waals surface area contributed by atoms with Crippen molar-refractivity contribution < 1.29 is 0 Å². The van der Waals surface area contributed by atoms with E-state index in [9.17, 15) is 4.79 Å². The first kappa shape index (κ1) is 14.2. The molecule has 0 amide bonds. The van der Waals surface area contributed by atoms with Crippen molar-refractivity contribution in [1.82, 2.24) is 20.2 Å². The van der Waals surface area contributed by atoms with Crippen LogP contribution in [-0.2, 0) is 6.42 Å². The summed E-state index contributed by atoms with van der Waals surface area (Å²) in [5, 5.41) is 11.5. The fourth-order valence-electron chi connectivity index (χ4n) is 1.89. The molecule has 110 valence electrons. The second kappa shape index (κ2) is 6.36. The molecule has 3 rings (SSSR count). The zero-order chi connectivity index (χ0) is 15.4. The van der Waals surface area contributed by atoms with Gasteiger partial charge in [-0.1, -0.05) is 29.8 Å². The molecule has 0 aliphatic heterocycles. The Hall–Kier alpha value is -2.73. The molecule has 22 heavy (non-hydrogen) atoms. The molecule has 0 fully saturated rings. The minimum absolute atomic E-state index is 0.253. The van der Waals surface area contributed by atoms with Crippen LogP contribution in [0, 0.1) is 0 Å². The Kier molecular flexibility index (Phi) is 4.11. The van der Waals surface area contributed by atoms with E-state index in [0.29, 0.717) is 23.0 Å². The molecule has 0 aliphatic carbocycles. The predicted octanol–water partition coefficient (Wildman–Crippen LogP) is 2.55. The number of H-pyrrole nitrogens is 1. The normalized spacial score (nSPS) is 10.4. The van der Waals surface area contributed by atoms with E-state index in [1.54, 1.807) is 30.5 Å². The minimum atomic E-state index is -0.289. The zero-order valence-electron chi connectivity index (χ0n) is 11.5. The lowest BCUT2D eigenvalue weighted by molar-refractivity contribution is 0.873. The maximum absolute atomic E-state index is 12.1. The van der Waals surface area contributed by atoms with Crippen LogP contribution < -0.4 is 10.9 Å². The number of benzene rings is 1. The molecular weight excluding hydrogens is 302 g/mol. The van der Waals surface area contributed by atoms with Crippen LogP contribution in [0.1, 0.15) is 11.3 Å². The predicted molar refractivity (Wildman–Crippen MR) is 84.4 cm³/mol. The fourth-order valence-corrected chi connectivity index (χ4v) is 2.01. The van der Waals surface area contributed by atoms with Crippen LogP contribution in [0.4, 0.5) is 11.8 Å². The van der Waals surface area contributed by atoms with Gasteiger partial charge >= 0.3 is 0 Å². The summed E-state index contributed by atoms with van der Waals surface area (Å²) in [6.45, 7) is 0. The van der Waals surface area contributed by atoms with Gasteiger partial charge in [-0.2, -0.15) is 0 Å². The number of nitrogens with one attached hydrogen (secondary N) is 2. The van der Waals surface area contributed by atoms with Crippen LogP contribution in [0.5, 0.6) is 0 Å². The Labute approximate surface area is 131 Å². The van der Waals surface area contributed by atoms with Crippen molar-refractivity contribution in [2.45, 2.75) is 6.42 Å². The van der Waals surface area contributed by atoms with Crippen molar-refractivity contribution in [3.8, 4) is 0 Å². The number of hydrogen-bond donors (Lipinski definition) is 2. The maximum Gasteiger partial charge on any atom is 0.274 e. The van der Waals surface area contributed by atoms with E-state index < -0.39 is 0 Å². The Bertz CT molecular complexity index is 817. The van der Waals surface area contributed by atoms with Gasteiger partial charge in [0, 0.05) is 17.6 Å². The smallest absolute Gasteiger partial charge is 0.274 e. The van der Waals surface area contributed by atoms with Crippen molar-refractivity contribution in [2.75, 3.05) is 5.32 Å². The van der Waals surface area contributed by atoms with Crippen LogP contribution in [-0.4, -0.2) is 20.2 Å². The van der Waals surface area contributed by atoms with Gasteiger partial charge in [0.25, 0.3) is 5.56 Å². The lowest BCUT2D eigenvalue weighted by Crippen LogP contribution is -2.19. The molecule has 0 spiro atoms. The second-order valence-electron chi connectivity index (χ2n) is 4.59. The quantitative estimate of drug-likeness (QED) is 0.773. The number of nitrogens with zero attached hydrogens (tertiary/aromatic N) is 3. The molecule has 6 nitrogen and oxygen atoms in total. The molecular formula is C15H12ClN5O. The highest BCUT2D eigenvalue weighted by atomic mass is 35.5. The lowest BCUT2D eigenvalue weighted by Gasteiger charge is -2.04. The molecule has 2 aromatic heterocycles. The highest BCUT2D eigenvalue weighted by Gasteiger charge is 2.06. The van der Waals surface area contributed by atoms with Crippen molar-refractivity contribution in [1.29, 1.82) is 0 Å². The number of rotatable bonds is 4. The third-order valence-corrected chi connectivity index (χ3v) is 3.21. The average Bonchev–Trinajstić information content (AvgIpc) is 2.53. The monoisotopic (exact) mass is 313 g/mol. The third-order valence-electron chi connectivity index (χ3n) is 2.96. The van der Waals surface area contributed by atoms with Gasteiger partial charge < -0.3 is 5.32 Å². The van der Waals surface area contributed by atoms with Gasteiger partial charge in [0.2, 0.25) is 5.95 Å². The Morgan fingerprint density at radius 3 is 2.59 bits per heavy atom. The van der Waals surface area contributed by atoms with Gasteiger partial charge in [0.15, 0.2) is 0 Å². The molecule has 1 aromatic carbocycles. The molecule has 2 heterocycles. The van der Waals surface area contributed by atoms with Crippen molar-refractivity contribution >= 4 is 23.4 Å². The van der Waals surface area contributed by atoms with Gasteiger partial charge in [0.1, 0.15) is 11.5 Å². The van der Waals surface area contributed by atoms with Crippen LogP contribution in [0.25, 0.3) is 0 Å². The molecule has 2 N–H and O–H groups in total. The van der Waals surface area contributed by atoms with E-state index in [1.807, 2.05) is 18.2 Å². The lowest BCUT2D eigenvalue weighted by atomic mass is 10.1. The van der Waals surface area contributed by atoms with Crippen LogP contribution in [0.2, 0.25) is 5.02 Å². The summed E-state index contributed by atoms with van der Waals surface area (Å²) in [6, 6.07) is 12.6. The van der Waals surface area contributed by atoms with Crippen LogP contribution in [0.3, 0.4) is 0 Å². The van der Waals surface area contributed by atoms with Gasteiger partial charge in [-0.15, -0.1) is 10.2 Å². The van der Waals surface area contributed by atoms with Crippen molar-refractivity contribution in [2.24, 2.45) is 0 Å². The first-order valence-corrected chi connectivity index (χ1v) is 6.97. The number of aromatic amines is 1. The Morgan fingerprint density at radius 1 is 1.09 bits per heavy atom. The van der Waals surface area contributed by atoms with E-state index in [0.717, 1.165) is 5.56 Å². The van der Waals surface area contributed by atoms with E-state index in [2.05, 4.69) is 25.5 Å². The van der Waals surface area contributed by atoms with E-state index in [1.165, 1.54) is 0 Å². The fraction of sp³-hybridized carbons (Fsp3) is 0.0667. The SMILES string of the molecule is O=c1[nH]c(Nc2ccccn2)nnc1Cc1ccc(Cl)cc1. The standard InChI is InChI=1S/C15H12ClN5O/c16-11-6-4-10(5-7-11)9-12-14(22)19-15(21-20-12)18-13-3-1-2-8-17-13/h1-8H,9H2,(H2,17,18,19,21,22). The molecule has 0 unspecified atom stereocenters. The highest BCUT2D eigenvalue weighted by Crippen LogP contribution is 2.11. The molecule has 0 aliphatic rings. The van der Waals surface area contributed by atoms with Gasteiger partial charge in [-0.05, 0) is 29.8 Å². The molecule has 0 radical (unpaired) electrons. The van der Waals surface area contributed by atoms with Gasteiger partial charge in [0.05, 0.1) is 0 Å². The van der Waals surface area contributed by atoms with E-state index >= 15 is 0 Å². The molecule has 0 saturated carbocycles. The zero-order valence-corrected chi connectivity index (χ0v) is 12.2. The largest absolute Gasteiger partial charge is 0.309 e. The summed E-state index contributed by atoms with van der Waals surface area (Å²) in [5.41, 5.74) is 0.993. The molecule has 0 bridgehead atoms. The number of hydrogen-bond acceptors (Lipinski definition) is 5. The van der Waals surface area contributed by atoms with Gasteiger partial charge in [-0.3, -0.25) is 9.78 Å². The topological polar surface area (TPSA) is 83.6 Å². The number of pyridine rings is 1. The number of anilines is 2. The molecule has 0 saturated heterocycles. The first-order valence-electron chi connectivity index (χ1n) is 6.59. The first-order chi connectivity index (χ1) is 10.7. The third kappa shape index (κ3) is 3.48. The Balaban J connectivity index is 1.77. The van der Waals surface area contributed by atoms with Gasteiger partial charge in [-0.25, -0.2) is 4.98 Å². The molecule has 0 atom stereocenters. The second-order valence-corrected chi connectivity index (χ2v) is 5.03. The minimum Gasteiger partial charge on any atom is -0.309 e. The highest BCUT2D eigenvalue weighted by molar-refractivity contribution is 6.30. The van der Waals surface area contributed by atoms with Crippen LogP contribution in [0.15, 0.2) is 53.5 Å².